The van der Waals surface area contributed by atoms with Gasteiger partial charge in [0.2, 0.25) is 0 Å². The molecule has 1 aromatic heterocycles. The highest BCUT2D eigenvalue weighted by atomic mass is 19.1. The number of nitrogens with zero attached hydrogens (tertiary/aromatic N) is 2. The van der Waals surface area contributed by atoms with Crippen LogP contribution in [-0.4, -0.2) is 52.7 Å². The van der Waals surface area contributed by atoms with Crippen molar-refractivity contribution in [2.24, 2.45) is 7.05 Å². The number of carbonyl (C=O) groups is 1. The Labute approximate surface area is 162 Å². The second-order valence-electron chi connectivity index (χ2n) is 6.30. The van der Waals surface area contributed by atoms with Gasteiger partial charge in [-0.2, -0.15) is 0 Å². The van der Waals surface area contributed by atoms with E-state index in [2.05, 4.69) is 11.9 Å². The van der Waals surface area contributed by atoms with Crippen molar-refractivity contribution in [3.8, 4) is 0 Å². The molecular weight excluding hydrogens is 366 g/mol. The lowest BCUT2D eigenvalue weighted by molar-refractivity contribution is 0.0566. The highest BCUT2D eigenvalue weighted by Crippen LogP contribution is 2.26. The number of nitrogens with two attached hydrogens (primary N) is 1. The molecule has 0 saturated carbocycles. The Hall–Kier alpha value is -3.11. The number of amides is 1. The van der Waals surface area contributed by atoms with Crippen molar-refractivity contribution >= 4 is 36.4 Å². The normalized spacial score (nSPS) is 11.7. The molecule has 0 fully saturated rings. The number of benzene rings is 1. The first-order valence-corrected chi connectivity index (χ1v) is 8.44. The predicted octanol–water partition coefficient (Wildman–Crippen LogP) is -0.952. The van der Waals surface area contributed by atoms with Gasteiger partial charge in [-0.1, -0.05) is 18.1 Å². The van der Waals surface area contributed by atoms with E-state index in [0.717, 1.165) is 15.5 Å². The second-order valence-corrected chi connectivity index (χ2v) is 6.30. The molecule has 2 rings (SSSR count). The molecule has 1 atom stereocenters. The van der Waals surface area contributed by atoms with Gasteiger partial charge in [-0.05, 0) is 18.3 Å². The molecule has 10 heteroatoms. The Morgan fingerprint density at radius 2 is 2.14 bits per heavy atom. The number of aliphatic hydroxyl groups is 2. The summed E-state index contributed by atoms with van der Waals surface area (Å²) in [5.74, 6) is -1.38. The van der Waals surface area contributed by atoms with Gasteiger partial charge in [0, 0.05) is 13.1 Å². The van der Waals surface area contributed by atoms with Gasteiger partial charge >= 0.3 is 0 Å². The van der Waals surface area contributed by atoms with Gasteiger partial charge in [0.05, 0.1) is 30.6 Å². The van der Waals surface area contributed by atoms with Crippen molar-refractivity contribution in [1.82, 2.24) is 9.47 Å². The summed E-state index contributed by atoms with van der Waals surface area (Å²) in [4.78, 5) is 26.2. The summed E-state index contributed by atoms with van der Waals surface area (Å²) in [6.07, 6.45) is -0.0243. The average molecular weight is 388 g/mol. The summed E-state index contributed by atoms with van der Waals surface area (Å²) in [5, 5.41) is 21.4. The molecular formula is C18H22BFN4O4. The third-order valence-electron chi connectivity index (χ3n) is 4.19. The average Bonchev–Trinajstić information content (AvgIpc) is 2.65. The van der Waals surface area contributed by atoms with Crippen LogP contribution >= 0.6 is 0 Å². The van der Waals surface area contributed by atoms with E-state index >= 15 is 0 Å². The molecule has 0 saturated heterocycles. The fourth-order valence-corrected chi connectivity index (χ4v) is 2.58. The number of pyridine rings is 1. The summed E-state index contributed by atoms with van der Waals surface area (Å²) in [6, 6.07) is 5.59. The molecule has 1 heterocycles. The smallest absolute Gasteiger partial charge is 0.263 e. The van der Waals surface area contributed by atoms with Crippen molar-refractivity contribution in [1.29, 1.82) is 0 Å². The van der Waals surface area contributed by atoms with Crippen LogP contribution in [0.1, 0.15) is 10.4 Å². The van der Waals surface area contributed by atoms with Crippen LogP contribution in [-0.2, 0) is 7.05 Å². The molecule has 0 bridgehead atoms. The van der Waals surface area contributed by atoms with E-state index in [9.17, 15) is 19.1 Å². The number of anilines is 3. The quantitative estimate of drug-likeness (QED) is 0.454. The van der Waals surface area contributed by atoms with Crippen molar-refractivity contribution in [3.05, 3.63) is 58.8 Å². The standard InChI is InChI=1S/C18H22BFN4O4/c1-3-24(8-11(26)9-25)18(28)16-14(7-15(27)23(2)17(16)21)22-13-5-4-10(19)6-12(13)20/h3-7,11,22,25-26H,1,8-9,19,21H2,2H3/t11-/m0/s1. The lowest BCUT2D eigenvalue weighted by atomic mass is 9.96. The molecule has 148 valence electrons. The largest absolute Gasteiger partial charge is 0.394 e. The molecule has 1 amide bonds. The monoisotopic (exact) mass is 388 g/mol. The van der Waals surface area contributed by atoms with Gasteiger partial charge in [-0.15, -0.1) is 0 Å². The third-order valence-corrected chi connectivity index (χ3v) is 4.19. The van der Waals surface area contributed by atoms with Gasteiger partial charge in [0.25, 0.3) is 11.5 Å². The number of aromatic nitrogens is 1. The van der Waals surface area contributed by atoms with Crippen LogP contribution in [0.2, 0.25) is 0 Å². The Morgan fingerprint density at radius 1 is 1.46 bits per heavy atom. The summed E-state index contributed by atoms with van der Waals surface area (Å²) < 4.78 is 15.3. The van der Waals surface area contributed by atoms with Crippen molar-refractivity contribution in [2.45, 2.75) is 6.10 Å². The molecule has 0 aliphatic heterocycles. The van der Waals surface area contributed by atoms with Crippen molar-refractivity contribution < 1.29 is 19.4 Å². The van der Waals surface area contributed by atoms with Crippen molar-refractivity contribution in [2.75, 3.05) is 24.2 Å². The summed E-state index contributed by atoms with van der Waals surface area (Å²) in [7, 11) is 3.12. The molecule has 1 aromatic carbocycles. The van der Waals surface area contributed by atoms with E-state index in [0.29, 0.717) is 5.46 Å². The van der Waals surface area contributed by atoms with Crippen LogP contribution < -0.4 is 22.1 Å². The van der Waals surface area contributed by atoms with E-state index in [1.165, 1.54) is 25.4 Å². The van der Waals surface area contributed by atoms with Crippen LogP contribution in [0.15, 0.2) is 41.8 Å². The minimum absolute atomic E-state index is 0.0127. The zero-order chi connectivity index (χ0) is 21.0. The van der Waals surface area contributed by atoms with Crippen LogP contribution in [0, 0.1) is 5.82 Å². The first-order valence-electron chi connectivity index (χ1n) is 8.44. The first-order chi connectivity index (χ1) is 13.2. The Kier molecular flexibility index (Phi) is 6.60. The lowest BCUT2D eigenvalue weighted by Gasteiger charge is -2.23. The molecule has 2 aromatic rings. The number of nitrogens with one attached hydrogen (secondary N) is 1. The predicted molar refractivity (Wildman–Crippen MR) is 108 cm³/mol. The van der Waals surface area contributed by atoms with E-state index < -0.39 is 30.0 Å². The third kappa shape index (κ3) is 4.41. The van der Waals surface area contributed by atoms with Crippen LogP contribution in [0.4, 0.5) is 21.6 Å². The van der Waals surface area contributed by atoms with Crippen LogP contribution in [0.3, 0.4) is 0 Å². The molecule has 5 N–H and O–H groups in total. The van der Waals surface area contributed by atoms with Gasteiger partial charge in [-0.25, -0.2) is 4.39 Å². The van der Waals surface area contributed by atoms with Gasteiger partial charge in [-0.3, -0.25) is 14.2 Å². The molecule has 0 radical (unpaired) electrons. The van der Waals surface area contributed by atoms with E-state index in [1.807, 2.05) is 0 Å². The SMILES string of the molecule is Bc1ccc(Nc2cc(=O)n(C)c(N)c2C(=O)N(C=C)C[C@H](O)CO)c(F)c1. The van der Waals surface area contributed by atoms with Crippen LogP contribution in [0.5, 0.6) is 0 Å². The molecule has 0 aliphatic carbocycles. The van der Waals surface area contributed by atoms with E-state index in [-0.39, 0.29) is 29.3 Å². The lowest BCUT2D eigenvalue weighted by Crippen LogP contribution is -2.36. The van der Waals surface area contributed by atoms with Gasteiger partial charge in [0.15, 0.2) is 0 Å². The molecule has 28 heavy (non-hydrogen) atoms. The number of carbonyl (C=O) groups excluding carboxylic acids is 1. The molecule has 8 nitrogen and oxygen atoms in total. The maximum absolute atomic E-state index is 14.2. The fraction of sp³-hybridized carbons (Fsp3) is 0.222. The molecule has 0 aliphatic rings. The minimum atomic E-state index is -1.19. The Bertz CT molecular complexity index is 963. The number of rotatable bonds is 7. The molecule has 0 unspecified atom stereocenters. The number of nitrogen functional groups attached to an aromatic ring is 1. The maximum atomic E-state index is 14.2. The Balaban J connectivity index is 2.56. The number of halogens is 1. The van der Waals surface area contributed by atoms with Crippen LogP contribution in [0.25, 0.3) is 0 Å². The summed E-state index contributed by atoms with van der Waals surface area (Å²) >= 11 is 0. The highest BCUT2D eigenvalue weighted by Gasteiger charge is 2.24. The second kappa shape index (κ2) is 8.72. The van der Waals surface area contributed by atoms with Gasteiger partial charge < -0.3 is 26.2 Å². The Morgan fingerprint density at radius 3 is 2.71 bits per heavy atom. The zero-order valence-electron chi connectivity index (χ0n) is 15.6. The minimum Gasteiger partial charge on any atom is -0.394 e. The van der Waals surface area contributed by atoms with Gasteiger partial charge in [0.1, 0.15) is 25.0 Å². The number of aliphatic hydroxyl groups excluding tert-OH is 2. The van der Waals surface area contributed by atoms with Crippen molar-refractivity contribution in [3.63, 3.8) is 0 Å². The summed E-state index contributed by atoms with van der Waals surface area (Å²) in [5.41, 5.74) is 6.19. The topological polar surface area (TPSA) is 121 Å². The highest BCUT2D eigenvalue weighted by molar-refractivity contribution is 6.32. The summed E-state index contributed by atoms with van der Waals surface area (Å²) in [6.45, 7) is 2.73. The van der Waals surface area contributed by atoms with E-state index in [1.54, 1.807) is 13.9 Å². The zero-order valence-corrected chi connectivity index (χ0v) is 15.6. The fourth-order valence-electron chi connectivity index (χ4n) is 2.58. The number of hydrogen-bond donors (Lipinski definition) is 4. The maximum Gasteiger partial charge on any atom is 0.263 e. The number of hydrogen-bond acceptors (Lipinski definition) is 6. The molecule has 0 spiro atoms. The van der Waals surface area contributed by atoms with E-state index in [4.69, 9.17) is 10.8 Å². The first kappa shape index (κ1) is 21.2.